The second kappa shape index (κ2) is 6.85. The molecule has 16 heavy (non-hydrogen) atoms. The van der Waals surface area contributed by atoms with Crippen LogP contribution in [0.4, 0.5) is 0 Å². The van der Waals surface area contributed by atoms with E-state index < -0.39 is 8.97 Å². The van der Waals surface area contributed by atoms with Gasteiger partial charge < -0.3 is 17.8 Å². The van der Waals surface area contributed by atoms with E-state index in [-0.39, 0.29) is 0 Å². The third-order valence-corrected chi connectivity index (χ3v) is 5.14. The predicted molar refractivity (Wildman–Crippen MR) is 65.6 cm³/mol. The molecule has 0 atom stereocenters. The zero-order valence-electron chi connectivity index (χ0n) is 10.3. The van der Waals surface area contributed by atoms with E-state index in [0.717, 1.165) is 6.54 Å². The van der Waals surface area contributed by atoms with Gasteiger partial charge in [0, 0.05) is 26.4 Å². The Hall–Kier alpha value is -0.623. The molecular weight excluding hydrogens is 222 g/mol. The molecule has 0 saturated heterocycles. The maximum Gasteiger partial charge on any atom is 0.633 e. The first-order valence-electron chi connectivity index (χ1n) is 5.81. The minimum absolute atomic E-state index is 0.597. The Morgan fingerprint density at radius 3 is 1.94 bits per heavy atom. The van der Waals surface area contributed by atoms with E-state index in [1.165, 1.54) is 0 Å². The summed E-state index contributed by atoms with van der Waals surface area (Å²) < 4.78 is 19.4. The molecule has 1 heterocycles. The second-order valence-corrected chi connectivity index (χ2v) is 5.73. The molecule has 5 heteroatoms. The van der Waals surface area contributed by atoms with Crippen LogP contribution in [0.25, 0.3) is 0 Å². The van der Waals surface area contributed by atoms with E-state index in [4.69, 9.17) is 13.3 Å². The summed E-state index contributed by atoms with van der Waals surface area (Å²) in [4.78, 5) is 0. The van der Waals surface area contributed by atoms with E-state index >= 15 is 0 Å². The summed E-state index contributed by atoms with van der Waals surface area (Å²) in [5, 5.41) is 0. The van der Waals surface area contributed by atoms with Gasteiger partial charge in [0.25, 0.3) is 0 Å². The van der Waals surface area contributed by atoms with E-state index in [0.29, 0.717) is 19.8 Å². The lowest BCUT2D eigenvalue weighted by molar-refractivity contribution is 0.0314. The van der Waals surface area contributed by atoms with Crippen molar-refractivity contribution in [2.45, 2.75) is 20.8 Å². The fourth-order valence-electron chi connectivity index (χ4n) is 1.59. The number of allylic oxidation sites excluding steroid dienone is 2. The summed E-state index contributed by atoms with van der Waals surface area (Å²) in [6.07, 6.45) is 8.04. The Bertz CT molecular complexity index is 239. The number of hydrogen-bond acceptors (Lipinski definition) is 4. The molecule has 0 radical (unpaired) electrons. The van der Waals surface area contributed by atoms with Crippen molar-refractivity contribution in [1.29, 1.82) is 0 Å². The van der Waals surface area contributed by atoms with E-state index in [9.17, 15) is 0 Å². The molecule has 1 rings (SSSR count). The molecule has 0 aromatic heterocycles. The van der Waals surface area contributed by atoms with Crippen LogP contribution in [0.5, 0.6) is 0 Å². The van der Waals surface area contributed by atoms with Crippen molar-refractivity contribution in [2.24, 2.45) is 0 Å². The molecule has 0 fully saturated rings. The quantitative estimate of drug-likeness (QED) is 0.639. The Labute approximate surface area is 98.9 Å². The summed E-state index contributed by atoms with van der Waals surface area (Å²) >= 11 is 0. The van der Waals surface area contributed by atoms with Gasteiger partial charge in [0.05, 0.1) is 0 Å². The van der Waals surface area contributed by atoms with Crippen LogP contribution >= 0.6 is 0 Å². The normalized spacial score (nSPS) is 15.8. The van der Waals surface area contributed by atoms with Crippen LogP contribution in [0.2, 0.25) is 0 Å². The average molecular weight is 243 g/mol. The van der Waals surface area contributed by atoms with Gasteiger partial charge in [-0.2, -0.15) is 0 Å². The van der Waals surface area contributed by atoms with Gasteiger partial charge in [0.15, 0.2) is 0 Å². The molecule has 0 N–H and O–H groups in total. The molecular formula is C11H21NO3Si. The standard InChI is InChI=1S/C11H21NO3Si/c1-4-13-16(14-5-2,15-6-3)12-10-8-7-9-11-12/h7-10H,4-6,11H2,1-3H3. The maximum atomic E-state index is 5.79. The van der Waals surface area contributed by atoms with Crippen LogP contribution in [0.1, 0.15) is 20.8 Å². The van der Waals surface area contributed by atoms with Crippen LogP contribution in [-0.4, -0.2) is 39.9 Å². The average Bonchev–Trinajstić information content (AvgIpc) is 2.31. The van der Waals surface area contributed by atoms with Gasteiger partial charge in [0.1, 0.15) is 0 Å². The molecule has 0 amide bonds. The third kappa shape index (κ3) is 3.18. The van der Waals surface area contributed by atoms with Crippen LogP contribution in [0, 0.1) is 0 Å². The fraction of sp³-hybridized carbons (Fsp3) is 0.636. The topological polar surface area (TPSA) is 30.9 Å². The summed E-state index contributed by atoms with van der Waals surface area (Å²) in [5.74, 6) is 0. The maximum absolute atomic E-state index is 5.79. The van der Waals surface area contributed by atoms with Gasteiger partial charge in [-0.05, 0) is 33.0 Å². The van der Waals surface area contributed by atoms with Crippen LogP contribution in [0.3, 0.4) is 0 Å². The summed E-state index contributed by atoms with van der Waals surface area (Å²) in [7, 11) is -2.70. The van der Waals surface area contributed by atoms with Crippen molar-refractivity contribution in [2.75, 3.05) is 26.4 Å². The molecule has 0 unspecified atom stereocenters. The molecule has 0 saturated carbocycles. The molecule has 0 aliphatic carbocycles. The van der Waals surface area contributed by atoms with Gasteiger partial charge >= 0.3 is 8.97 Å². The lowest BCUT2D eigenvalue weighted by Gasteiger charge is -2.36. The number of rotatable bonds is 7. The zero-order valence-corrected chi connectivity index (χ0v) is 11.3. The highest BCUT2D eigenvalue weighted by atomic mass is 28.4. The van der Waals surface area contributed by atoms with Gasteiger partial charge in [-0.1, -0.05) is 12.2 Å². The molecule has 0 bridgehead atoms. The minimum atomic E-state index is -2.70. The molecule has 4 nitrogen and oxygen atoms in total. The highest BCUT2D eigenvalue weighted by molar-refractivity contribution is 6.58. The van der Waals surface area contributed by atoms with Crippen molar-refractivity contribution in [3.05, 3.63) is 24.4 Å². The SMILES string of the molecule is CCO[Si](OCC)(OCC)N1C=CC=CC1. The van der Waals surface area contributed by atoms with Crippen molar-refractivity contribution in [1.82, 2.24) is 4.57 Å². The minimum Gasteiger partial charge on any atom is -0.357 e. The highest BCUT2D eigenvalue weighted by Gasteiger charge is 2.47. The largest absolute Gasteiger partial charge is 0.633 e. The monoisotopic (exact) mass is 243 g/mol. The van der Waals surface area contributed by atoms with Crippen molar-refractivity contribution < 1.29 is 13.3 Å². The van der Waals surface area contributed by atoms with Crippen LogP contribution in [0.15, 0.2) is 24.4 Å². The molecule has 0 spiro atoms. The molecule has 0 aromatic carbocycles. The summed E-state index contributed by atoms with van der Waals surface area (Å²) in [6, 6.07) is 0. The first kappa shape index (κ1) is 13.4. The predicted octanol–water partition coefficient (Wildman–Crippen LogP) is 1.92. The van der Waals surface area contributed by atoms with E-state index in [1.807, 2.05) is 43.7 Å². The van der Waals surface area contributed by atoms with E-state index in [1.54, 1.807) is 0 Å². The van der Waals surface area contributed by atoms with Gasteiger partial charge in [-0.3, -0.25) is 0 Å². The first-order chi connectivity index (χ1) is 7.79. The Morgan fingerprint density at radius 2 is 1.56 bits per heavy atom. The van der Waals surface area contributed by atoms with Gasteiger partial charge in [0.2, 0.25) is 0 Å². The Morgan fingerprint density at radius 1 is 1.00 bits per heavy atom. The van der Waals surface area contributed by atoms with Gasteiger partial charge in [-0.15, -0.1) is 0 Å². The molecule has 92 valence electrons. The zero-order chi connectivity index (χ0) is 11.9. The third-order valence-electron chi connectivity index (χ3n) is 2.15. The Balaban J connectivity index is 2.80. The number of nitrogens with zero attached hydrogens (tertiary/aromatic N) is 1. The van der Waals surface area contributed by atoms with Crippen molar-refractivity contribution >= 4 is 8.97 Å². The molecule has 0 aromatic rings. The lowest BCUT2D eigenvalue weighted by atomic mass is 10.4. The van der Waals surface area contributed by atoms with Crippen molar-refractivity contribution in [3.63, 3.8) is 0 Å². The first-order valence-corrected chi connectivity index (χ1v) is 7.48. The molecule has 1 aliphatic heterocycles. The van der Waals surface area contributed by atoms with E-state index in [2.05, 4.69) is 6.08 Å². The fourth-order valence-corrected chi connectivity index (χ4v) is 4.03. The van der Waals surface area contributed by atoms with Crippen LogP contribution < -0.4 is 0 Å². The summed E-state index contributed by atoms with van der Waals surface area (Å²) in [5.41, 5.74) is 0. The smallest absolute Gasteiger partial charge is 0.357 e. The van der Waals surface area contributed by atoms with Crippen LogP contribution in [-0.2, 0) is 13.3 Å². The lowest BCUT2D eigenvalue weighted by Crippen LogP contribution is -2.59. The highest BCUT2D eigenvalue weighted by Crippen LogP contribution is 2.18. The summed E-state index contributed by atoms with van der Waals surface area (Å²) in [6.45, 7) is 8.46. The number of hydrogen-bond donors (Lipinski definition) is 0. The second-order valence-electron chi connectivity index (χ2n) is 3.24. The van der Waals surface area contributed by atoms with Crippen molar-refractivity contribution in [3.8, 4) is 0 Å². The van der Waals surface area contributed by atoms with Gasteiger partial charge in [-0.25, -0.2) is 0 Å². The molecule has 1 aliphatic rings. The Kier molecular flexibility index (Phi) is 5.76.